The van der Waals surface area contributed by atoms with Gasteiger partial charge in [-0.15, -0.1) is 0 Å². The molecule has 0 spiro atoms. The summed E-state index contributed by atoms with van der Waals surface area (Å²) in [7, 11) is 0. The van der Waals surface area contributed by atoms with Crippen molar-refractivity contribution in [3.63, 3.8) is 0 Å². The summed E-state index contributed by atoms with van der Waals surface area (Å²) in [6, 6.07) is 29.3. The topological polar surface area (TPSA) is 41.9 Å². The molecule has 5 rings (SSSR count). The van der Waals surface area contributed by atoms with Crippen LogP contribution in [0.5, 0.6) is 0 Å². The zero-order valence-electron chi connectivity index (χ0n) is 14.5. The Hall–Kier alpha value is -3.79. The molecule has 0 amide bonds. The van der Waals surface area contributed by atoms with Crippen LogP contribution in [0, 0.1) is 0 Å². The number of fused-ring (bicyclic) bond motifs is 2. The summed E-state index contributed by atoms with van der Waals surface area (Å²) in [5.74, 6) is 0.595. The summed E-state index contributed by atoms with van der Waals surface area (Å²) >= 11 is 0. The Kier molecular flexibility index (Phi) is 3.72. The van der Waals surface area contributed by atoms with E-state index < -0.39 is 0 Å². The SMILES string of the molecule is c1ccc2c(N(c3ncncn3)c3cccc4ccccc34)cccc2c1. The molecule has 0 aliphatic rings. The molecule has 4 heteroatoms. The Morgan fingerprint density at radius 3 is 1.56 bits per heavy atom. The van der Waals surface area contributed by atoms with Gasteiger partial charge in [0, 0.05) is 10.8 Å². The molecule has 1 aromatic heterocycles. The number of hydrogen-bond acceptors (Lipinski definition) is 4. The third-order valence-electron chi connectivity index (χ3n) is 4.69. The first-order valence-electron chi connectivity index (χ1n) is 8.79. The maximum atomic E-state index is 4.45. The minimum Gasteiger partial charge on any atom is -0.278 e. The molecule has 5 aromatic rings. The van der Waals surface area contributed by atoms with Gasteiger partial charge in [0.1, 0.15) is 12.7 Å². The van der Waals surface area contributed by atoms with Gasteiger partial charge in [0.15, 0.2) is 0 Å². The van der Waals surface area contributed by atoms with Crippen molar-refractivity contribution in [2.45, 2.75) is 0 Å². The Morgan fingerprint density at radius 1 is 0.519 bits per heavy atom. The summed E-state index contributed by atoms with van der Waals surface area (Å²) in [4.78, 5) is 15.0. The molecule has 0 fully saturated rings. The lowest BCUT2D eigenvalue weighted by Crippen LogP contribution is -2.14. The fraction of sp³-hybridized carbons (Fsp3) is 0. The molecule has 1 heterocycles. The summed E-state index contributed by atoms with van der Waals surface area (Å²) in [5.41, 5.74) is 2.08. The second kappa shape index (κ2) is 6.50. The Balaban J connectivity index is 1.85. The molecule has 0 unspecified atom stereocenters. The second-order valence-electron chi connectivity index (χ2n) is 6.27. The summed E-state index contributed by atoms with van der Waals surface area (Å²) in [6.07, 6.45) is 3.07. The fourth-order valence-corrected chi connectivity index (χ4v) is 3.50. The van der Waals surface area contributed by atoms with E-state index >= 15 is 0 Å². The maximum Gasteiger partial charge on any atom is 0.237 e. The van der Waals surface area contributed by atoms with Crippen molar-refractivity contribution in [3.05, 3.63) is 97.6 Å². The monoisotopic (exact) mass is 348 g/mol. The minimum atomic E-state index is 0.595. The van der Waals surface area contributed by atoms with Crippen molar-refractivity contribution in [1.82, 2.24) is 15.0 Å². The van der Waals surface area contributed by atoms with E-state index in [0.29, 0.717) is 5.95 Å². The van der Waals surface area contributed by atoms with E-state index in [9.17, 15) is 0 Å². The predicted molar refractivity (Wildman–Crippen MR) is 110 cm³/mol. The van der Waals surface area contributed by atoms with Gasteiger partial charge in [-0.2, -0.15) is 0 Å². The van der Waals surface area contributed by atoms with Crippen LogP contribution < -0.4 is 4.90 Å². The van der Waals surface area contributed by atoms with Gasteiger partial charge in [-0.05, 0) is 22.9 Å². The van der Waals surface area contributed by atoms with Gasteiger partial charge in [0.05, 0.1) is 11.4 Å². The van der Waals surface area contributed by atoms with E-state index in [-0.39, 0.29) is 0 Å². The predicted octanol–water partition coefficient (Wildman–Crippen LogP) is 5.65. The molecule has 128 valence electrons. The highest BCUT2D eigenvalue weighted by Gasteiger charge is 2.19. The third-order valence-corrected chi connectivity index (χ3v) is 4.69. The van der Waals surface area contributed by atoms with Crippen LogP contribution in [0.2, 0.25) is 0 Å². The van der Waals surface area contributed by atoms with Crippen molar-refractivity contribution in [1.29, 1.82) is 0 Å². The lowest BCUT2D eigenvalue weighted by molar-refractivity contribution is 1.01. The molecular formula is C23H16N4. The van der Waals surface area contributed by atoms with Gasteiger partial charge in [0.2, 0.25) is 5.95 Å². The molecule has 4 nitrogen and oxygen atoms in total. The largest absolute Gasteiger partial charge is 0.278 e. The van der Waals surface area contributed by atoms with Gasteiger partial charge in [-0.25, -0.2) is 15.0 Å². The van der Waals surface area contributed by atoms with Crippen LogP contribution >= 0.6 is 0 Å². The first-order valence-corrected chi connectivity index (χ1v) is 8.79. The van der Waals surface area contributed by atoms with E-state index in [1.165, 1.54) is 23.4 Å². The van der Waals surface area contributed by atoms with E-state index in [4.69, 9.17) is 0 Å². The number of aromatic nitrogens is 3. The van der Waals surface area contributed by atoms with E-state index in [0.717, 1.165) is 22.1 Å². The van der Waals surface area contributed by atoms with Crippen LogP contribution in [0.15, 0.2) is 97.6 Å². The van der Waals surface area contributed by atoms with Gasteiger partial charge in [-0.3, -0.25) is 4.90 Å². The van der Waals surface area contributed by atoms with Crippen molar-refractivity contribution in [2.24, 2.45) is 0 Å². The van der Waals surface area contributed by atoms with E-state index in [2.05, 4.69) is 105 Å². The first-order chi connectivity index (χ1) is 13.4. The summed E-state index contributed by atoms with van der Waals surface area (Å²) < 4.78 is 0. The average molecular weight is 348 g/mol. The van der Waals surface area contributed by atoms with Crippen molar-refractivity contribution in [2.75, 3.05) is 4.90 Å². The van der Waals surface area contributed by atoms with Crippen molar-refractivity contribution >= 4 is 38.9 Å². The quantitative estimate of drug-likeness (QED) is 0.423. The highest BCUT2D eigenvalue weighted by atomic mass is 15.3. The van der Waals surface area contributed by atoms with Crippen molar-refractivity contribution in [3.8, 4) is 0 Å². The fourth-order valence-electron chi connectivity index (χ4n) is 3.50. The smallest absolute Gasteiger partial charge is 0.237 e. The molecule has 27 heavy (non-hydrogen) atoms. The molecule has 0 saturated heterocycles. The lowest BCUT2D eigenvalue weighted by Gasteiger charge is -2.25. The van der Waals surface area contributed by atoms with Gasteiger partial charge in [0.25, 0.3) is 0 Å². The molecular weight excluding hydrogens is 332 g/mol. The molecule has 0 radical (unpaired) electrons. The van der Waals surface area contributed by atoms with Crippen LogP contribution in [0.4, 0.5) is 17.3 Å². The third kappa shape index (κ3) is 2.68. The number of anilines is 3. The molecule has 0 saturated carbocycles. The van der Waals surface area contributed by atoms with Crippen LogP contribution in [0.3, 0.4) is 0 Å². The highest BCUT2D eigenvalue weighted by Crippen LogP contribution is 2.39. The molecule has 0 N–H and O–H groups in total. The molecule has 0 aliphatic heterocycles. The van der Waals surface area contributed by atoms with Crippen LogP contribution in [0.25, 0.3) is 21.5 Å². The van der Waals surface area contributed by atoms with E-state index in [1.807, 2.05) is 0 Å². The van der Waals surface area contributed by atoms with Gasteiger partial charge < -0.3 is 0 Å². The molecule has 0 aliphatic carbocycles. The standard InChI is InChI=1S/C23H16N4/c1-3-11-19-17(7-1)9-5-13-21(19)27(23-25-15-24-16-26-23)22-14-6-10-18-8-2-4-12-20(18)22/h1-16H. The maximum absolute atomic E-state index is 4.45. The lowest BCUT2D eigenvalue weighted by atomic mass is 10.0. The first kappa shape index (κ1) is 15.5. The normalized spacial score (nSPS) is 11.0. The number of hydrogen-bond donors (Lipinski definition) is 0. The molecule has 4 aromatic carbocycles. The Bertz CT molecular complexity index is 1150. The Labute approximate surface area is 156 Å². The minimum absolute atomic E-state index is 0.595. The average Bonchev–Trinajstić information content (AvgIpc) is 2.75. The summed E-state index contributed by atoms with van der Waals surface area (Å²) in [6.45, 7) is 0. The molecule has 0 bridgehead atoms. The van der Waals surface area contributed by atoms with E-state index in [1.54, 1.807) is 0 Å². The van der Waals surface area contributed by atoms with Gasteiger partial charge >= 0.3 is 0 Å². The number of nitrogens with zero attached hydrogens (tertiary/aromatic N) is 4. The zero-order valence-corrected chi connectivity index (χ0v) is 14.5. The summed E-state index contributed by atoms with van der Waals surface area (Å²) in [5, 5.41) is 4.64. The zero-order chi connectivity index (χ0) is 18.1. The molecule has 0 atom stereocenters. The highest BCUT2D eigenvalue weighted by molar-refractivity contribution is 6.03. The Morgan fingerprint density at radius 2 is 1.00 bits per heavy atom. The second-order valence-corrected chi connectivity index (χ2v) is 6.27. The number of rotatable bonds is 3. The van der Waals surface area contributed by atoms with Gasteiger partial charge in [-0.1, -0.05) is 72.8 Å². The van der Waals surface area contributed by atoms with Crippen LogP contribution in [-0.2, 0) is 0 Å². The van der Waals surface area contributed by atoms with Crippen molar-refractivity contribution < 1.29 is 0 Å². The van der Waals surface area contributed by atoms with Crippen LogP contribution in [-0.4, -0.2) is 15.0 Å². The number of benzene rings is 4. The van der Waals surface area contributed by atoms with Crippen LogP contribution in [0.1, 0.15) is 0 Å².